The second kappa shape index (κ2) is 3.21. The van der Waals surface area contributed by atoms with Crippen LogP contribution >= 0.6 is 0 Å². The van der Waals surface area contributed by atoms with E-state index in [9.17, 15) is 4.79 Å². The normalized spacial score (nSPS) is 25.5. The number of hydrogen-bond acceptors (Lipinski definition) is 1. The largest absolute Gasteiger partial charge is 0.295 e. The molecule has 0 amide bonds. The van der Waals surface area contributed by atoms with E-state index in [0.29, 0.717) is 11.7 Å². The van der Waals surface area contributed by atoms with Crippen LogP contribution in [0.25, 0.3) is 0 Å². The summed E-state index contributed by atoms with van der Waals surface area (Å²) in [4.78, 5) is 11.4. The Balaban J connectivity index is 2.88. The van der Waals surface area contributed by atoms with Gasteiger partial charge in [-0.2, -0.15) is 0 Å². The lowest BCUT2D eigenvalue weighted by Gasteiger charge is -2.21. The van der Waals surface area contributed by atoms with Crippen LogP contribution in [0.1, 0.15) is 40.0 Å². The predicted octanol–water partition coefficient (Wildman–Crippen LogP) is 2.71. The molecule has 0 aromatic heterocycles. The third-order valence-corrected chi connectivity index (χ3v) is 2.37. The van der Waals surface area contributed by atoms with Gasteiger partial charge in [0, 0.05) is 6.42 Å². The summed E-state index contributed by atoms with van der Waals surface area (Å²) in [6, 6.07) is 0. The maximum atomic E-state index is 11.4. The van der Waals surface area contributed by atoms with Crippen LogP contribution in [0.4, 0.5) is 0 Å². The smallest absolute Gasteiger partial charge is 0.159 e. The predicted molar refractivity (Wildman–Crippen MR) is 46.4 cm³/mol. The maximum absolute atomic E-state index is 11.4. The Kier molecular flexibility index (Phi) is 2.48. The number of carbonyl (C=O) groups excluding carboxylic acids is 1. The first-order valence-electron chi connectivity index (χ1n) is 4.33. The number of allylic oxidation sites excluding steroid dienone is 2. The molecule has 62 valence electrons. The molecule has 0 aromatic carbocycles. The van der Waals surface area contributed by atoms with Crippen molar-refractivity contribution in [3.05, 3.63) is 11.1 Å². The fourth-order valence-corrected chi connectivity index (χ4v) is 1.89. The third kappa shape index (κ3) is 1.70. The molecule has 0 saturated heterocycles. The van der Waals surface area contributed by atoms with Crippen LogP contribution in [0, 0.1) is 5.92 Å². The summed E-state index contributed by atoms with van der Waals surface area (Å²) in [6.45, 7) is 6.23. The first-order chi connectivity index (χ1) is 5.13. The lowest BCUT2D eigenvalue weighted by Crippen LogP contribution is -2.17. The van der Waals surface area contributed by atoms with Gasteiger partial charge in [-0.15, -0.1) is 0 Å². The minimum atomic E-state index is 0.378. The van der Waals surface area contributed by atoms with E-state index < -0.39 is 0 Å². The van der Waals surface area contributed by atoms with Gasteiger partial charge in [-0.05, 0) is 38.2 Å². The molecule has 1 saturated carbocycles. The molecule has 1 atom stereocenters. The van der Waals surface area contributed by atoms with Crippen molar-refractivity contribution in [3.8, 4) is 0 Å². The molecule has 0 bridgehead atoms. The molecule has 0 aliphatic heterocycles. The average Bonchev–Trinajstić information content (AvgIpc) is 1.85. The molecule has 1 aliphatic carbocycles. The number of hydrogen-bond donors (Lipinski definition) is 0. The van der Waals surface area contributed by atoms with Crippen molar-refractivity contribution in [2.24, 2.45) is 5.92 Å². The molecular formula is C10H16O. The summed E-state index contributed by atoms with van der Waals surface area (Å²) in [5.41, 5.74) is 2.30. The second-order valence-electron chi connectivity index (χ2n) is 3.63. The van der Waals surface area contributed by atoms with Crippen molar-refractivity contribution < 1.29 is 4.79 Å². The Hall–Kier alpha value is -0.590. The van der Waals surface area contributed by atoms with Gasteiger partial charge in [0.1, 0.15) is 0 Å². The van der Waals surface area contributed by atoms with Gasteiger partial charge >= 0.3 is 0 Å². The summed E-state index contributed by atoms with van der Waals surface area (Å²) in [7, 11) is 0. The lowest BCUT2D eigenvalue weighted by atomic mass is 9.82. The van der Waals surface area contributed by atoms with Gasteiger partial charge in [0.15, 0.2) is 5.78 Å². The fourth-order valence-electron chi connectivity index (χ4n) is 1.89. The standard InChI is InChI=1S/C10H16O/c1-7(2)10-8(3)5-4-6-9(10)11/h8H,4-6H2,1-3H3/t8-/m1/s1. The molecule has 0 unspecified atom stereocenters. The molecule has 0 spiro atoms. The zero-order chi connectivity index (χ0) is 8.43. The van der Waals surface area contributed by atoms with Gasteiger partial charge < -0.3 is 0 Å². The first-order valence-corrected chi connectivity index (χ1v) is 4.33. The molecular weight excluding hydrogens is 136 g/mol. The number of Topliss-reactive ketones (excluding diaryl/α,β-unsaturated/α-hetero) is 1. The van der Waals surface area contributed by atoms with Crippen LogP contribution in [-0.4, -0.2) is 5.78 Å². The highest BCUT2D eigenvalue weighted by molar-refractivity contribution is 5.97. The van der Waals surface area contributed by atoms with Crippen molar-refractivity contribution in [2.75, 3.05) is 0 Å². The molecule has 1 rings (SSSR count). The van der Waals surface area contributed by atoms with Gasteiger partial charge in [0.25, 0.3) is 0 Å². The molecule has 1 heteroatoms. The van der Waals surface area contributed by atoms with Gasteiger partial charge in [0.05, 0.1) is 0 Å². The fraction of sp³-hybridized carbons (Fsp3) is 0.700. The van der Waals surface area contributed by atoms with Crippen molar-refractivity contribution in [1.29, 1.82) is 0 Å². The Morgan fingerprint density at radius 3 is 2.45 bits per heavy atom. The number of rotatable bonds is 0. The van der Waals surface area contributed by atoms with Gasteiger partial charge in [-0.3, -0.25) is 4.79 Å². The van der Waals surface area contributed by atoms with Crippen LogP contribution in [0.2, 0.25) is 0 Å². The molecule has 1 fully saturated rings. The van der Waals surface area contributed by atoms with Crippen LogP contribution in [0.15, 0.2) is 11.1 Å². The van der Waals surface area contributed by atoms with E-state index in [2.05, 4.69) is 6.92 Å². The zero-order valence-corrected chi connectivity index (χ0v) is 7.61. The Labute approximate surface area is 68.5 Å². The van der Waals surface area contributed by atoms with Crippen LogP contribution < -0.4 is 0 Å². The van der Waals surface area contributed by atoms with Crippen molar-refractivity contribution >= 4 is 5.78 Å². The summed E-state index contributed by atoms with van der Waals surface area (Å²) in [6.07, 6.45) is 3.04. The Morgan fingerprint density at radius 1 is 1.45 bits per heavy atom. The summed E-state index contributed by atoms with van der Waals surface area (Å²) in [5, 5.41) is 0. The molecule has 1 aliphatic rings. The minimum Gasteiger partial charge on any atom is -0.295 e. The average molecular weight is 152 g/mol. The second-order valence-corrected chi connectivity index (χ2v) is 3.63. The highest BCUT2D eigenvalue weighted by Crippen LogP contribution is 2.28. The quantitative estimate of drug-likeness (QED) is 0.488. The molecule has 0 N–H and O–H groups in total. The maximum Gasteiger partial charge on any atom is 0.159 e. The monoisotopic (exact) mass is 152 g/mol. The topological polar surface area (TPSA) is 17.1 Å². The van der Waals surface area contributed by atoms with Crippen molar-refractivity contribution in [3.63, 3.8) is 0 Å². The van der Waals surface area contributed by atoms with Crippen molar-refractivity contribution in [1.82, 2.24) is 0 Å². The molecule has 1 nitrogen and oxygen atoms in total. The van der Waals surface area contributed by atoms with E-state index in [-0.39, 0.29) is 0 Å². The van der Waals surface area contributed by atoms with Crippen LogP contribution in [-0.2, 0) is 4.79 Å². The summed E-state index contributed by atoms with van der Waals surface area (Å²) in [5.74, 6) is 0.880. The summed E-state index contributed by atoms with van der Waals surface area (Å²) >= 11 is 0. The SMILES string of the molecule is CC(C)=C1C(=O)CCC[C@H]1C. The van der Waals surface area contributed by atoms with Crippen molar-refractivity contribution in [2.45, 2.75) is 40.0 Å². The minimum absolute atomic E-state index is 0.378. The van der Waals surface area contributed by atoms with Gasteiger partial charge in [-0.25, -0.2) is 0 Å². The highest BCUT2D eigenvalue weighted by atomic mass is 16.1. The first kappa shape index (κ1) is 8.51. The zero-order valence-electron chi connectivity index (χ0n) is 7.61. The molecule has 0 heterocycles. The Morgan fingerprint density at radius 2 is 2.09 bits per heavy atom. The number of carbonyl (C=O) groups is 1. The third-order valence-electron chi connectivity index (χ3n) is 2.37. The molecule has 0 aromatic rings. The van der Waals surface area contributed by atoms with E-state index in [0.717, 1.165) is 18.4 Å². The lowest BCUT2D eigenvalue weighted by molar-refractivity contribution is -0.117. The van der Waals surface area contributed by atoms with E-state index in [1.165, 1.54) is 12.0 Å². The van der Waals surface area contributed by atoms with E-state index in [4.69, 9.17) is 0 Å². The highest BCUT2D eigenvalue weighted by Gasteiger charge is 2.22. The summed E-state index contributed by atoms with van der Waals surface area (Å²) < 4.78 is 0. The van der Waals surface area contributed by atoms with E-state index in [1.807, 2.05) is 13.8 Å². The Bertz CT molecular complexity index is 197. The van der Waals surface area contributed by atoms with Gasteiger partial charge in [0.2, 0.25) is 0 Å². The number of ketones is 1. The van der Waals surface area contributed by atoms with Gasteiger partial charge in [-0.1, -0.05) is 12.5 Å². The van der Waals surface area contributed by atoms with Crippen LogP contribution in [0.3, 0.4) is 0 Å². The van der Waals surface area contributed by atoms with E-state index >= 15 is 0 Å². The van der Waals surface area contributed by atoms with Crippen LogP contribution in [0.5, 0.6) is 0 Å². The molecule has 11 heavy (non-hydrogen) atoms. The van der Waals surface area contributed by atoms with E-state index in [1.54, 1.807) is 0 Å². The molecule has 0 radical (unpaired) electrons.